The first-order valence-corrected chi connectivity index (χ1v) is 19.7. The smallest absolute Gasteiger partial charge is 0.425 e. The van der Waals surface area contributed by atoms with Crippen LogP contribution in [0, 0.1) is 0 Å². The molecule has 23 heteroatoms. The van der Waals surface area contributed by atoms with Crippen molar-refractivity contribution in [1.82, 2.24) is 36.8 Å². The predicted octanol–water partition coefficient (Wildman–Crippen LogP) is -5.06. The summed E-state index contributed by atoms with van der Waals surface area (Å²) in [6, 6.07) is 8.69. The summed E-state index contributed by atoms with van der Waals surface area (Å²) < 4.78 is 0. The van der Waals surface area contributed by atoms with E-state index in [1.807, 2.05) is 12.1 Å². The van der Waals surface area contributed by atoms with Gasteiger partial charge in [-0.15, -0.1) is 0 Å². The van der Waals surface area contributed by atoms with Crippen molar-refractivity contribution in [3.05, 3.63) is 59.7 Å². The number of nitrogens with zero attached hydrogens (tertiary/aromatic N) is 1. The third-order valence-electron chi connectivity index (χ3n) is 9.38. The number of unbranched alkanes of at least 4 members (excludes halogenated alkanes) is 2. The number of amides is 7. The quantitative estimate of drug-likeness (QED) is 0.0252. The largest absolute Gasteiger partial charge is 0.490 e. The Hall–Kier alpha value is -5.53. The molecule has 0 bridgehead atoms. The number of nitrogens with two attached hydrogens (primary N) is 4. The van der Waals surface area contributed by atoms with Gasteiger partial charge in [-0.3, -0.25) is 33.6 Å². The summed E-state index contributed by atoms with van der Waals surface area (Å²) in [4.78, 5) is 90.9. The molecular formula is C38H60BN11O11. The Balaban J connectivity index is 1.94. The SMILES string of the molecule is CCCCc1ccc(-c2ccc(C(=O)N[C@H](CO)C(=O)N[C@H](N)C(=O)NCC(=O)N(C)[C@H](C(=O)N[C@@H](N)C(=O)N[C@@H](CCCCN)C(=O)N[C@@H](N)B(O)O)C(C)O)cc2)cc1. The Bertz CT molecular complexity index is 1770. The fraction of sp³-hybridized carbons (Fsp3) is 0.500. The summed E-state index contributed by atoms with van der Waals surface area (Å²) in [6.45, 7) is 1.95. The molecule has 0 aromatic heterocycles. The molecule has 2 aromatic carbocycles. The predicted molar refractivity (Wildman–Crippen MR) is 223 cm³/mol. The molecule has 61 heavy (non-hydrogen) atoms. The van der Waals surface area contributed by atoms with Gasteiger partial charge in [0.1, 0.15) is 24.2 Å². The lowest BCUT2D eigenvalue weighted by molar-refractivity contribution is -0.144. The average Bonchev–Trinajstić information content (AvgIpc) is 3.23. The van der Waals surface area contributed by atoms with Gasteiger partial charge in [0.25, 0.3) is 17.7 Å². The molecule has 0 saturated carbocycles. The first-order chi connectivity index (χ1) is 28.8. The molecule has 0 aliphatic heterocycles. The van der Waals surface area contributed by atoms with Crippen LogP contribution in [0.4, 0.5) is 0 Å². The van der Waals surface area contributed by atoms with Crippen molar-refractivity contribution in [2.75, 3.05) is 26.7 Å². The number of aryl methyl sites for hydroxylation is 1. The van der Waals surface area contributed by atoms with E-state index in [2.05, 4.69) is 51.0 Å². The molecule has 0 aliphatic carbocycles. The molecule has 7 amide bonds. The zero-order chi connectivity index (χ0) is 45.8. The maximum Gasteiger partial charge on any atom is 0.490 e. The van der Waals surface area contributed by atoms with Crippen LogP contribution in [0.3, 0.4) is 0 Å². The first-order valence-electron chi connectivity index (χ1n) is 19.7. The maximum absolute atomic E-state index is 13.1. The van der Waals surface area contributed by atoms with Crippen LogP contribution in [-0.4, -0.2) is 143 Å². The number of rotatable bonds is 25. The van der Waals surface area contributed by atoms with Gasteiger partial charge in [0.05, 0.1) is 19.3 Å². The number of carbonyl (C=O) groups excluding carboxylic acids is 7. The number of likely N-dealkylation sites (N-methyl/N-ethyl adjacent to an activating group) is 1. The van der Waals surface area contributed by atoms with E-state index >= 15 is 0 Å². The van der Waals surface area contributed by atoms with Gasteiger partial charge in [0, 0.05) is 12.6 Å². The zero-order valence-electron chi connectivity index (χ0n) is 34.5. The van der Waals surface area contributed by atoms with Crippen molar-refractivity contribution in [2.45, 2.75) is 95.0 Å². The van der Waals surface area contributed by atoms with Gasteiger partial charge >= 0.3 is 7.12 Å². The molecule has 0 radical (unpaired) electrons. The van der Waals surface area contributed by atoms with Gasteiger partial charge in [-0.2, -0.15) is 0 Å². The van der Waals surface area contributed by atoms with Gasteiger partial charge in [0.15, 0.2) is 12.3 Å². The van der Waals surface area contributed by atoms with Crippen LogP contribution >= 0.6 is 0 Å². The molecule has 7 atom stereocenters. The lowest BCUT2D eigenvalue weighted by Crippen LogP contribution is -2.63. The summed E-state index contributed by atoms with van der Waals surface area (Å²) in [5.74, 6) is -6.73. The highest BCUT2D eigenvalue weighted by Crippen LogP contribution is 2.21. The molecule has 1 unspecified atom stereocenters. The van der Waals surface area contributed by atoms with Crippen LogP contribution in [0.5, 0.6) is 0 Å². The van der Waals surface area contributed by atoms with E-state index in [9.17, 15) is 53.8 Å². The number of nitrogens with one attached hydrogen (secondary N) is 6. The number of aliphatic hydroxyl groups excluding tert-OH is 2. The Labute approximate surface area is 354 Å². The van der Waals surface area contributed by atoms with E-state index in [0.717, 1.165) is 42.3 Å². The van der Waals surface area contributed by atoms with Crippen LogP contribution in [0.2, 0.25) is 0 Å². The van der Waals surface area contributed by atoms with Gasteiger partial charge < -0.3 is 80.0 Å². The molecule has 0 aliphatic rings. The minimum absolute atomic E-state index is 0.0413. The molecule has 0 saturated heterocycles. The van der Waals surface area contributed by atoms with Crippen molar-refractivity contribution in [1.29, 1.82) is 0 Å². The topological polar surface area (TPSA) is 380 Å². The molecule has 2 rings (SSSR count). The normalized spacial score (nSPS) is 14.4. The molecule has 0 fully saturated rings. The number of carbonyl (C=O) groups is 7. The van der Waals surface area contributed by atoms with Gasteiger partial charge in [0.2, 0.25) is 23.6 Å². The van der Waals surface area contributed by atoms with Gasteiger partial charge in [-0.1, -0.05) is 49.7 Å². The van der Waals surface area contributed by atoms with Crippen LogP contribution < -0.4 is 54.8 Å². The summed E-state index contributed by atoms with van der Waals surface area (Å²) in [5.41, 5.74) is 25.9. The Morgan fingerprint density at radius 2 is 1.28 bits per heavy atom. The fourth-order valence-corrected chi connectivity index (χ4v) is 5.75. The second-order valence-corrected chi connectivity index (χ2v) is 14.3. The molecule has 2 aromatic rings. The molecule has 22 nitrogen and oxygen atoms in total. The zero-order valence-corrected chi connectivity index (χ0v) is 34.5. The van der Waals surface area contributed by atoms with Crippen molar-refractivity contribution >= 4 is 48.5 Å². The molecule has 0 spiro atoms. The molecule has 336 valence electrons. The van der Waals surface area contributed by atoms with E-state index in [-0.39, 0.29) is 18.5 Å². The van der Waals surface area contributed by atoms with Crippen molar-refractivity contribution in [3.8, 4) is 11.1 Å². The van der Waals surface area contributed by atoms with Crippen LogP contribution in [0.1, 0.15) is 61.9 Å². The standard InChI is InChI=1S/C38H60BN11O11/c1-4-5-8-22-10-12-23(13-11-22)24-14-16-25(17-15-24)32(54)46-27(20-51)34(56)47-30(41)36(58)44-19-28(53)50(3)29(21(2)52)35(57)48-31(42)37(59)45-26(9-6-7-18-40)33(55)49-38(43)39(60)61/h10-17,21,26-27,29-31,38,51-52,60-61H,4-9,18-20,40-43H2,1-3H3,(H,44,58)(H,45,59)(H,46,54)(H,47,56)(H,48,57)(H,49,55)/t21?,26-,27+,29-,30-,31+,38+/m0/s1. The van der Waals surface area contributed by atoms with E-state index in [1.165, 1.54) is 12.5 Å². The van der Waals surface area contributed by atoms with Crippen molar-refractivity contribution in [2.24, 2.45) is 22.9 Å². The van der Waals surface area contributed by atoms with E-state index in [1.54, 1.807) is 24.3 Å². The third-order valence-corrected chi connectivity index (χ3v) is 9.38. The summed E-state index contributed by atoms with van der Waals surface area (Å²) in [7, 11) is -0.984. The highest BCUT2D eigenvalue weighted by Gasteiger charge is 2.35. The van der Waals surface area contributed by atoms with E-state index in [4.69, 9.17) is 22.9 Å². The number of aliphatic hydroxyl groups is 2. The maximum atomic E-state index is 13.1. The second-order valence-electron chi connectivity index (χ2n) is 14.3. The summed E-state index contributed by atoms with van der Waals surface area (Å²) >= 11 is 0. The Morgan fingerprint density at radius 1 is 0.721 bits per heavy atom. The molecular weight excluding hydrogens is 797 g/mol. The van der Waals surface area contributed by atoms with Gasteiger partial charge in [-0.25, -0.2) is 0 Å². The third kappa shape index (κ3) is 16.8. The highest BCUT2D eigenvalue weighted by atomic mass is 16.4. The summed E-state index contributed by atoms with van der Waals surface area (Å²) in [5, 5.41) is 51.9. The molecule has 0 heterocycles. The van der Waals surface area contributed by atoms with Crippen LogP contribution in [0.15, 0.2) is 48.5 Å². The lowest BCUT2D eigenvalue weighted by Gasteiger charge is -2.30. The van der Waals surface area contributed by atoms with Crippen LogP contribution in [-0.2, 0) is 35.2 Å². The Morgan fingerprint density at radius 3 is 1.82 bits per heavy atom. The minimum atomic E-state index is -2.10. The average molecular weight is 858 g/mol. The van der Waals surface area contributed by atoms with E-state index < -0.39 is 104 Å². The monoisotopic (exact) mass is 857 g/mol. The number of hydrogen-bond acceptors (Lipinski definition) is 15. The van der Waals surface area contributed by atoms with Crippen LogP contribution in [0.25, 0.3) is 11.1 Å². The van der Waals surface area contributed by atoms with Crippen molar-refractivity contribution in [3.63, 3.8) is 0 Å². The fourth-order valence-electron chi connectivity index (χ4n) is 5.75. The van der Waals surface area contributed by atoms with Crippen molar-refractivity contribution < 1.29 is 53.8 Å². The lowest BCUT2D eigenvalue weighted by atomic mass is 9.86. The Kier molecular flexibility index (Phi) is 22.0. The minimum Gasteiger partial charge on any atom is -0.425 e. The van der Waals surface area contributed by atoms with Gasteiger partial charge in [-0.05, 0) is 74.4 Å². The van der Waals surface area contributed by atoms with E-state index in [0.29, 0.717) is 12.8 Å². The highest BCUT2D eigenvalue weighted by molar-refractivity contribution is 6.43. The first kappa shape index (κ1) is 51.6. The number of benzene rings is 2. The number of hydrogen-bond donors (Lipinski definition) is 14. The summed E-state index contributed by atoms with van der Waals surface area (Å²) in [6.07, 6.45) is -1.05. The second kappa shape index (κ2) is 26.0. The molecule has 18 N–H and O–H groups in total.